The Balaban J connectivity index is 2.75. The Morgan fingerprint density at radius 2 is 2.15 bits per heavy atom. The van der Waals surface area contributed by atoms with Gasteiger partial charge in [-0.2, -0.15) is 0 Å². The zero-order valence-corrected chi connectivity index (χ0v) is 7.69. The molecule has 1 aliphatic rings. The summed E-state index contributed by atoms with van der Waals surface area (Å²) in [6.07, 6.45) is 0.156. The average Bonchev–Trinajstić information content (AvgIpc) is 2.45. The molecule has 0 aromatic rings. The molecule has 0 aromatic carbocycles. The molecule has 5 nitrogen and oxygen atoms in total. The first-order chi connectivity index (χ1) is 6.07. The SMILES string of the molecule is COC(=O)N1CCC(C)C1C(=O)O. The topological polar surface area (TPSA) is 66.8 Å². The van der Waals surface area contributed by atoms with E-state index in [4.69, 9.17) is 5.11 Å². The number of hydrogen-bond donors (Lipinski definition) is 1. The molecule has 1 fully saturated rings. The summed E-state index contributed by atoms with van der Waals surface area (Å²) in [6, 6.07) is -0.729. The first kappa shape index (κ1) is 9.83. The lowest BCUT2D eigenvalue weighted by atomic mass is 10.0. The van der Waals surface area contributed by atoms with Gasteiger partial charge in [0.15, 0.2) is 0 Å². The predicted octanol–water partition coefficient (Wildman–Crippen LogP) is 0.548. The molecule has 0 spiro atoms. The van der Waals surface area contributed by atoms with Crippen molar-refractivity contribution >= 4 is 12.1 Å². The van der Waals surface area contributed by atoms with Crippen LogP contribution in [0.1, 0.15) is 13.3 Å². The molecule has 0 aliphatic carbocycles. The fourth-order valence-corrected chi connectivity index (χ4v) is 1.65. The molecule has 0 radical (unpaired) electrons. The highest BCUT2D eigenvalue weighted by Gasteiger charge is 2.39. The molecule has 74 valence electrons. The van der Waals surface area contributed by atoms with E-state index in [1.165, 1.54) is 12.0 Å². The molecule has 0 saturated carbocycles. The Bertz CT molecular complexity index is 228. The quantitative estimate of drug-likeness (QED) is 0.650. The summed E-state index contributed by atoms with van der Waals surface area (Å²) in [5.74, 6) is -0.966. The van der Waals surface area contributed by atoms with Crippen molar-refractivity contribution in [1.29, 1.82) is 0 Å². The highest BCUT2D eigenvalue weighted by Crippen LogP contribution is 2.24. The monoisotopic (exact) mass is 187 g/mol. The minimum atomic E-state index is -0.963. The van der Waals surface area contributed by atoms with Crippen LogP contribution in [0.5, 0.6) is 0 Å². The fraction of sp³-hybridized carbons (Fsp3) is 0.750. The number of likely N-dealkylation sites (tertiary alicyclic amines) is 1. The minimum absolute atomic E-state index is 0.00315. The number of carboxylic acids is 1. The van der Waals surface area contributed by atoms with E-state index in [0.29, 0.717) is 13.0 Å². The van der Waals surface area contributed by atoms with Gasteiger partial charge >= 0.3 is 12.1 Å². The Hall–Kier alpha value is -1.26. The number of carbonyl (C=O) groups excluding carboxylic acids is 1. The number of ether oxygens (including phenoxy) is 1. The highest BCUT2D eigenvalue weighted by molar-refractivity contribution is 5.81. The van der Waals surface area contributed by atoms with Crippen molar-refractivity contribution in [2.45, 2.75) is 19.4 Å². The van der Waals surface area contributed by atoms with E-state index in [1.54, 1.807) is 0 Å². The van der Waals surface area contributed by atoms with Crippen LogP contribution >= 0.6 is 0 Å². The van der Waals surface area contributed by atoms with Gasteiger partial charge in [0.05, 0.1) is 7.11 Å². The molecule has 2 atom stereocenters. The number of carboxylic acid groups (broad SMARTS) is 1. The number of nitrogens with zero attached hydrogens (tertiary/aromatic N) is 1. The second-order valence-electron chi connectivity index (χ2n) is 3.21. The number of amides is 1. The molecule has 1 aliphatic heterocycles. The number of aliphatic carboxylic acids is 1. The third-order valence-corrected chi connectivity index (χ3v) is 2.36. The van der Waals surface area contributed by atoms with Crippen molar-refractivity contribution in [3.05, 3.63) is 0 Å². The maximum Gasteiger partial charge on any atom is 0.410 e. The summed E-state index contributed by atoms with van der Waals surface area (Å²) in [7, 11) is 1.25. The van der Waals surface area contributed by atoms with Crippen molar-refractivity contribution in [3.8, 4) is 0 Å². The van der Waals surface area contributed by atoms with Crippen LogP contribution in [0.15, 0.2) is 0 Å². The second-order valence-corrected chi connectivity index (χ2v) is 3.21. The van der Waals surface area contributed by atoms with Crippen LogP contribution in [0.3, 0.4) is 0 Å². The van der Waals surface area contributed by atoms with Crippen molar-refractivity contribution in [2.24, 2.45) is 5.92 Å². The van der Waals surface area contributed by atoms with E-state index in [1.807, 2.05) is 6.92 Å². The van der Waals surface area contributed by atoms with E-state index in [0.717, 1.165) is 0 Å². The smallest absolute Gasteiger partial charge is 0.410 e. The summed E-state index contributed by atoms with van der Waals surface area (Å²) in [4.78, 5) is 23.2. The summed E-state index contributed by atoms with van der Waals surface area (Å²) in [6.45, 7) is 2.28. The maximum atomic E-state index is 11.1. The number of carbonyl (C=O) groups is 2. The summed E-state index contributed by atoms with van der Waals surface area (Å²) < 4.78 is 4.49. The molecule has 0 bridgehead atoms. The average molecular weight is 187 g/mol. The van der Waals surface area contributed by atoms with E-state index < -0.39 is 18.1 Å². The van der Waals surface area contributed by atoms with Crippen molar-refractivity contribution < 1.29 is 19.4 Å². The van der Waals surface area contributed by atoms with Crippen LogP contribution in [-0.4, -0.2) is 41.8 Å². The van der Waals surface area contributed by atoms with E-state index >= 15 is 0 Å². The van der Waals surface area contributed by atoms with Gasteiger partial charge in [-0.3, -0.25) is 4.90 Å². The van der Waals surface area contributed by atoms with Gasteiger partial charge in [-0.25, -0.2) is 9.59 Å². The van der Waals surface area contributed by atoms with Gasteiger partial charge < -0.3 is 9.84 Å². The third-order valence-electron chi connectivity index (χ3n) is 2.36. The molecule has 1 rings (SSSR count). The van der Waals surface area contributed by atoms with Gasteiger partial charge in [-0.05, 0) is 12.3 Å². The molecule has 1 N–H and O–H groups in total. The molecule has 2 unspecified atom stereocenters. The van der Waals surface area contributed by atoms with Crippen molar-refractivity contribution in [3.63, 3.8) is 0 Å². The molecule has 0 aromatic heterocycles. The van der Waals surface area contributed by atoms with Gasteiger partial charge in [0.1, 0.15) is 6.04 Å². The van der Waals surface area contributed by atoms with Gasteiger partial charge in [0, 0.05) is 6.54 Å². The first-order valence-corrected chi connectivity index (χ1v) is 4.15. The molecular formula is C8H13NO4. The first-order valence-electron chi connectivity index (χ1n) is 4.15. The van der Waals surface area contributed by atoms with Crippen LogP contribution in [0, 0.1) is 5.92 Å². The van der Waals surface area contributed by atoms with Crippen molar-refractivity contribution in [2.75, 3.05) is 13.7 Å². The van der Waals surface area contributed by atoms with Crippen LogP contribution in [0.4, 0.5) is 4.79 Å². The Labute approximate surface area is 76.3 Å². The minimum Gasteiger partial charge on any atom is -0.480 e. The molecule has 13 heavy (non-hydrogen) atoms. The zero-order chi connectivity index (χ0) is 10.0. The molecule has 1 amide bonds. The summed E-state index contributed by atoms with van der Waals surface area (Å²) >= 11 is 0. The Morgan fingerprint density at radius 1 is 1.54 bits per heavy atom. The van der Waals surface area contributed by atoms with Crippen LogP contribution in [-0.2, 0) is 9.53 Å². The largest absolute Gasteiger partial charge is 0.480 e. The molecule has 1 heterocycles. The van der Waals surface area contributed by atoms with Crippen LogP contribution in [0.25, 0.3) is 0 Å². The van der Waals surface area contributed by atoms with Gasteiger partial charge in [-0.15, -0.1) is 0 Å². The lowest BCUT2D eigenvalue weighted by Gasteiger charge is -2.21. The van der Waals surface area contributed by atoms with Crippen LogP contribution < -0.4 is 0 Å². The molecule has 5 heteroatoms. The Morgan fingerprint density at radius 3 is 2.62 bits per heavy atom. The maximum absolute atomic E-state index is 11.1. The van der Waals surface area contributed by atoms with Gasteiger partial charge in [0.25, 0.3) is 0 Å². The lowest BCUT2D eigenvalue weighted by Crippen LogP contribution is -2.42. The third kappa shape index (κ3) is 1.74. The summed E-state index contributed by atoms with van der Waals surface area (Å²) in [5.41, 5.74) is 0. The van der Waals surface area contributed by atoms with Crippen molar-refractivity contribution in [1.82, 2.24) is 4.90 Å². The van der Waals surface area contributed by atoms with Gasteiger partial charge in [0.2, 0.25) is 0 Å². The lowest BCUT2D eigenvalue weighted by molar-refractivity contribution is -0.142. The summed E-state index contributed by atoms with van der Waals surface area (Å²) in [5, 5.41) is 8.85. The standard InChI is InChI=1S/C8H13NO4/c1-5-3-4-9(8(12)13-2)6(5)7(10)11/h5-6H,3-4H2,1-2H3,(H,10,11). The second kappa shape index (κ2) is 3.64. The fourth-order valence-electron chi connectivity index (χ4n) is 1.65. The van der Waals surface area contributed by atoms with E-state index in [2.05, 4.69) is 4.74 Å². The molecule has 1 saturated heterocycles. The zero-order valence-electron chi connectivity index (χ0n) is 7.69. The molecular weight excluding hydrogens is 174 g/mol. The van der Waals surface area contributed by atoms with E-state index in [-0.39, 0.29) is 5.92 Å². The Kier molecular flexibility index (Phi) is 2.75. The van der Waals surface area contributed by atoms with Gasteiger partial charge in [-0.1, -0.05) is 6.92 Å². The van der Waals surface area contributed by atoms with E-state index in [9.17, 15) is 9.59 Å². The number of rotatable bonds is 1. The predicted molar refractivity (Wildman–Crippen MR) is 44.3 cm³/mol. The number of methoxy groups -OCH3 is 1. The normalized spacial score (nSPS) is 27.4. The number of hydrogen-bond acceptors (Lipinski definition) is 3. The highest BCUT2D eigenvalue weighted by atomic mass is 16.5. The van der Waals surface area contributed by atoms with Crippen LogP contribution in [0.2, 0.25) is 0 Å².